The van der Waals surface area contributed by atoms with E-state index in [-0.39, 0.29) is 18.2 Å². The zero-order valence-corrected chi connectivity index (χ0v) is 12.0. The summed E-state index contributed by atoms with van der Waals surface area (Å²) in [5.74, 6) is -0.410. The number of benzene rings is 1. The van der Waals surface area contributed by atoms with Crippen LogP contribution in [0.15, 0.2) is 24.3 Å². The Bertz CT molecular complexity index is 493. The lowest BCUT2D eigenvalue weighted by atomic mass is 9.93. The second-order valence-corrected chi connectivity index (χ2v) is 5.17. The Balaban J connectivity index is 1.83. The van der Waals surface area contributed by atoms with Crippen molar-refractivity contribution in [2.45, 2.75) is 37.8 Å². The summed E-state index contributed by atoms with van der Waals surface area (Å²) in [5.41, 5.74) is 1.04. The minimum atomic E-state index is -0.410. The van der Waals surface area contributed by atoms with Crippen molar-refractivity contribution < 1.29 is 19.4 Å². The van der Waals surface area contributed by atoms with Crippen LogP contribution in [0.1, 0.15) is 36.0 Å². The summed E-state index contributed by atoms with van der Waals surface area (Å²) in [6.45, 7) is 0. The zero-order chi connectivity index (χ0) is 15.2. The largest absolute Gasteiger partial charge is 0.465 e. The molecule has 21 heavy (non-hydrogen) atoms. The fourth-order valence-electron chi connectivity index (χ4n) is 2.38. The number of urea groups is 1. The predicted octanol–water partition coefficient (Wildman–Crippen LogP) is 1.90. The van der Waals surface area contributed by atoms with E-state index >= 15 is 0 Å². The highest BCUT2D eigenvalue weighted by molar-refractivity contribution is 5.92. The van der Waals surface area contributed by atoms with E-state index in [1.165, 1.54) is 7.11 Å². The number of aliphatic hydroxyl groups excluding tert-OH is 1. The monoisotopic (exact) mass is 292 g/mol. The maximum Gasteiger partial charge on any atom is 0.337 e. The van der Waals surface area contributed by atoms with Gasteiger partial charge in [-0.15, -0.1) is 0 Å². The molecule has 1 fully saturated rings. The standard InChI is InChI=1S/C15H20N2O4/c1-21-14(19)10-2-4-11(5-3-10)16-15(20)17-12-6-8-13(18)9-7-12/h2-5,12-13,18H,6-9H2,1H3,(H2,16,17,20). The number of hydrogen-bond acceptors (Lipinski definition) is 4. The van der Waals surface area contributed by atoms with Gasteiger partial charge in [0.05, 0.1) is 18.8 Å². The molecule has 1 saturated carbocycles. The molecule has 3 N–H and O–H groups in total. The highest BCUT2D eigenvalue weighted by Crippen LogP contribution is 2.18. The number of carbonyl (C=O) groups excluding carboxylic acids is 2. The van der Waals surface area contributed by atoms with E-state index in [2.05, 4.69) is 15.4 Å². The first-order valence-electron chi connectivity index (χ1n) is 7.02. The molecule has 6 nitrogen and oxygen atoms in total. The molecule has 1 aliphatic rings. The zero-order valence-electron chi connectivity index (χ0n) is 12.0. The molecule has 2 amide bonds. The lowest BCUT2D eigenvalue weighted by molar-refractivity contribution is 0.0600. The fraction of sp³-hybridized carbons (Fsp3) is 0.467. The number of rotatable bonds is 3. The van der Waals surface area contributed by atoms with Gasteiger partial charge in [0.15, 0.2) is 0 Å². The molecule has 0 aromatic heterocycles. The minimum Gasteiger partial charge on any atom is -0.465 e. The molecule has 0 bridgehead atoms. The minimum absolute atomic E-state index is 0.0998. The second kappa shape index (κ2) is 7.08. The summed E-state index contributed by atoms with van der Waals surface area (Å²) in [6, 6.07) is 6.31. The second-order valence-electron chi connectivity index (χ2n) is 5.17. The lowest BCUT2D eigenvalue weighted by Gasteiger charge is -2.26. The van der Waals surface area contributed by atoms with Crippen LogP contribution in [0.2, 0.25) is 0 Å². The first kappa shape index (κ1) is 15.3. The maximum absolute atomic E-state index is 11.9. The SMILES string of the molecule is COC(=O)c1ccc(NC(=O)NC2CCC(O)CC2)cc1. The summed E-state index contributed by atoms with van der Waals surface area (Å²) in [4.78, 5) is 23.2. The third-order valence-corrected chi connectivity index (χ3v) is 3.60. The number of anilines is 1. The average molecular weight is 292 g/mol. The highest BCUT2D eigenvalue weighted by atomic mass is 16.5. The van der Waals surface area contributed by atoms with Crippen LogP contribution in [0.25, 0.3) is 0 Å². The Hall–Kier alpha value is -2.08. The molecule has 0 atom stereocenters. The molecule has 6 heteroatoms. The molecule has 0 radical (unpaired) electrons. The van der Waals surface area contributed by atoms with Crippen LogP contribution in [0.4, 0.5) is 10.5 Å². The number of hydrogen-bond donors (Lipinski definition) is 3. The average Bonchev–Trinajstić information content (AvgIpc) is 2.49. The number of methoxy groups -OCH3 is 1. The van der Waals surface area contributed by atoms with E-state index in [4.69, 9.17) is 0 Å². The summed E-state index contributed by atoms with van der Waals surface area (Å²) in [6.07, 6.45) is 2.78. The lowest BCUT2D eigenvalue weighted by Crippen LogP contribution is -2.40. The van der Waals surface area contributed by atoms with E-state index in [1.807, 2.05) is 0 Å². The van der Waals surface area contributed by atoms with Crippen molar-refractivity contribution in [2.75, 3.05) is 12.4 Å². The number of carbonyl (C=O) groups is 2. The molecule has 0 heterocycles. The van der Waals surface area contributed by atoms with Crippen LogP contribution < -0.4 is 10.6 Å². The smallest absolute Gasteiger partial charge is 0.337 e. The molecule has 0 aliphatic heterocycles. The van der Waals surface area contributed by atoms with E-state index < -0.39 is 5.97 Å². The van der Waals surface area contributed by atoms with Crippen LogP contribution in [0, 0.1) is 0 Å². The van der Waals surface area contributed by atoms with Gasteiger partial charge in [0.25, 0.3) is 0 Å². The molecule has 1 aromatic rings. The van der Waals surface area contributed by atoms with Crippen LogP contribution in [0.3, 0.4) is 0 Å². The molecule has 0 unspecified atom stereocenters. The first-order chi connectivity index (χ1) is 10.1. The molecule has 2 rings (SSSR count). The summed E-state index contributed by atoms with van der Waals surface area (Å²) in [7, 11) is 1.32. The number of esters is 1. The van der Waals surface area contributed by atoms with Crippen molar-refractivity contribution in [2.24, 2.45) is 0 Å². The van der Waals surface area contributed by atoms with E-state index in [1.54, 1.807) is 24.3 Å². The Morgan fingerprint density at radius 2 is 1.76 bits per heavy atom. The molecule has 0 spiro atoms. The van der Waals surface area contributed by atoms with Gasteiger partial charge in [-0.1, -0.05) is 0 Å². The van der Waals surface area contributed by atoms with Crippen molar-refractivity contribution in [1.82, 2.24) is 5.32 Å². The van der Waals surface area contributed by atoms with E-state index in [9.17, 15) is 14.7 Å². The Kier molecular flexibility index (Phi) is 5.16. The number of aliphatic hydroxyl groups is 1. The number of nitrogens with one attached hydrogen (secondary N) is 2. The van der Waals surface area contributed by atoms with Crippen molar-refractivity contribution in [3.63, 3.8) is 0 Å². The van der Waals surface area contributed by atoms with Gasteiger partial charge in [0.1, 0.15) is 0 Å². The Labute approximate surface area is 123 Å². The molecule has 1 aromatic carbocycles. The van der Waals surface area contributed by atoms with Gasteiger partial charge in [-0.3, -0.25) is 0 Å². The molecule has 0 saturated heterocycles. The highest BCUT2D eigenvalue weighted by Gasteiger charge is 2.20. The van der Waals surface area contributed by atoms with E-state index in [0.717, 1.165) is 25.7 Å². The third kappa shape index (κ3) is 4.46. The summed E-state index contributed by atoms with van der Waals surface area (Å²) in [5, 5.41) is 15.0. The summed E-state index contributed by atoms with van der Waals surface area (Å²) < 4.78 is 4.61. The predicted molar refractivity (Wildman–Crippen MR) is 78.2 cm³/mol. The molecule has 1 aliphatic carbocycles. The van der Waals surface area contributed by atoms with Gasteiger partial charge >= 0.3 is 12.0 Å². The third-order valence-electron chi connectivity index (χ3n) is 3.60. The topological polar surface area (TPSA) is 87.7 Å². The van der Waals surface area contributed by atoms with E-state index in [0.29, 0.717) is 11.3 Å². The van der Waals surface area contributed by atoms with Crippen LogP contribution in [-0.4, -0.2) is 36.4 Å². The number of ether oxygens (including phenoxy) is 1. The van der Waals surface area contributed by atoms with Crippen LogP contribution in [0.5, 0.6) is 0 Å². The normalized spacial score (nSPS) is 21.4. The van der Waals surface area contributed by atoms with Crippen LogP contribution in [-0.2, 0) is 4.74 Å². The Morgan fingerprint density at radius 3 is 2.33 bits per heavy atom. The molecular weight excluding hydrogens is 272 g/mol. The van der Waals surface area contributed by atoms with Crippen molar-refractivity contribution in [3.8, 4) is 0 Å². The van der Waals surface area contributed by atoms with Crippen molar-refractivity contribution in [1.29, 1.82) is 0 Å². The van der Waals surface area contributed by atoms with Crippen molar-refractivity contribution >= 4 is 17.7 Å². The quantitative estimate of drug-likeness (QED) is 0.742. The molecule has 114 valence electrons. The van der Waals surface area contributed by atoms with Gasteiger partial charge in [-0.2, -0.15) is 0 Å². The first-order valence-corrected chi connectivity index (χ1v) is 7.02. The van der Waals surface area contributed by atoms with Crippen LogP contribution >= 0.6 is 0 Å². The summed E-state index contributed by atoms with van der Waals surface area (Å²) >= 11 is 0. The van der Waals surface area contributed by atoms with Gasteiger partial charge < -0.3 is 20.5 Å². The maximum atomic E-state index is 11.9. The van der Waals surface area contributed by atoms with Crippen molar-refractivity contribution in [3.05, 3.63) is 29.8 Å². The van der Waals surface area contributed by atoms with Gasteiger partial charge in [0.2, 0.25) is 0 Å². The fourth-order valence-corrected chi connectivity index (χ4v) is 2.38. The van der Waals surface area contributed by atoms with Gasteiger partial charge in [-0.05, 0) is 49.9 Å². The van der Waals surface area contributed by atoms with Gasteiger partial charge in [-0.25, -0.2) is 9.59 Å². The molecular formula is C15H20N2O4. The Morgan fingerprint density at radius 1 is 1.14 bits per heavy atom. The number of amides is 2. The van der Waals surface area contributed by atoms with Gasteiger partial charge in [0, 0.05) is 11.7 Å².